The Morgan fingerprint density at radius 2 is 1.79 bits per heavy atom. The van der Waals surface area contributed by atoms with Crippen molar-refractivity contribution in [2.45, 2.75) is 39.7 Å². The van der Waals surface area contributed by atoms with Crippen LogP contribution in [0.5, 0.6) is 23.0 Å². The van der Waals surface area contributed by atoms with E-state index in [9.17, 15) is 10.2 Å². The van der Waals surface area contributed by atoms with E-state index >= 15 is 0 Å². The number of allylic oxidation sites excluding steroid dienone is 4. The summed E-state index contributed by atoms with van der Waals surface area (Å²) in [5.74, 6) is 2.03. The first-order valence-electron chi connectivity index (χ1n) is 9.37. The molecule has 2 heterocycles. The first kappa shape index (κ1) is 18.2. The summed E-state index contributed by atoms with van der Waals surface area (Å²) >= 11 is 0. The lowest BCUT2D eigenvalue weighted by molar-refractivity contribution is 0.125. The number of phenols is 2. The van der Waals surface area contributed by atoms with Crippen molar-refractivity contribution in [1.29, 1.82) is 0 Å². The first-order chi connectivity index (χ1) is 13.2. The van der Waals surface area contributed by atoms with Crippen LogP contribution < -0.4 is 4.74 Å². The molecule has 2 aliphatic heterocycles. The number of hydrogen-bond acceptors (Lipinski definition) is 4. The lowest BCUT2D eigenvalue weighted by Gasteiger charge is -2.30. The van der Waals surface area contributed by atoms with Gasteiger partial charge in [0.05, 0.1) is 5.56 Å². The molecule has 0 atom stereocenters. The fourth-order valence-electron chi connectivity index (χ4n) is 3.41. The Morgan fingerprint density at radius 1 is 1.04 bits per heavy atom. The number of benzene rings is 2. The second kappa shape index (κ2) is 6.48. The molecule has 2 N–H and O–H groups in total. The van der Waals surface area contributed by atoms with Crippen LogP contribution >= 0.6 is 0 Å². The number of ether oxygens (including phenoxy) is 2. The van der Waals surface area contributed by atoms with Crippen LogP contribution in [0.1, 0.15) is 44.4 Å². The number of phenolic OH excluding ortho intramolecular Hbond substituents is 2. The lowest BCUT2D eigenvalue weighted by Crippen LogP contribution is -2.23. The van der Waals surface area contributed by atoms with Crippen molar-refractivity contribution < 1.29 is 19.7 Å². The third kappa shape index (κ3) is 3.26. The van der Waals surface area contributed by atoms with Crippen LogP contribution in [0.3, 0.4) is 0 Å². The van der Waals surface area contributed by atoms with Crippen molar-refractivity contribution in [3.05, 3.63) is 70.8 Å². The maximum absolute atomic E-state index is 10.5. The highest BCUT2D eigenvalue weighted by atomic mass is 16.5. The molecule has 0 spiro atoms. The molecule has 4 rings (SSSR count). The van der Waals surface area contributed by atoms with Gasteiger partial charge in [-0.1, -0.05) is 17.7 Å². The van der Waals surface area contributed by atoms with E-state index in [4.69, 9.17) is 9.47 Å². The summed E-state index contributed by atoms with van der Waals surface area (Å²) in [5.41, 5.74) is 4.08. The Morgan fingerprint density at radius 3 is 2.54 bits per heavy atom. The summed E-state index contributed by atoms with van der Waals surface area (Å²) in [6.07, 6.45) is 6.78. The third-order valence-electron chi connectivity index (χ3n) is 4.89. The van der Waals surface area contributed by atoms with Gasteiger partial charge in [-0.05, 0) is 64.0 Å². The van der Waals surface area contributed by atoms with Gasteiger partial charge in [0.2, 0.25) is 0 Å². The number of hydrogen-bond donors (Lipinski definition) is 2. The quantitative estimate of drug-likeness (QED) is 0.636. The third-order valence-corrected chi connectivity index (χ3v) is 4.89. The Labute approximate surface area is 165 Å². The molecule has 4 heteroatoms. The van der Waals surface area contributed by atoms with Crippen molar-refractivity contribution in [1.82, 2.24) is 0 Å². The van der Waals surface area contributed by atoms with E-state index in [2.05, 4.69) is 6.08 Å². The van der Waals surface area contributed by atoms with Gasteiger partial charge in [-0.2, -0.15) is 0 Å². The van der Waals surface area contributed by atoms with Gasteiger partial charge in [0.25, 0.3) is 0 Å². The molecule has 0 saturated carbocycles. The average molecular weight is 376 g/mol. The number of rotatable bonds is 2. The summed E-state index contributed by atoms with van der Waals surface area (Å²) < 4.78 is 12.4. The smallest absolute Gasteiger partial charge is 0.142 e. The SMILES string of the molecule is CC(C)=CCc1cc2c(cc1O)Oc1cc(O)ccc1C1=C2C=CC(C)(C)O1. The van der Waals surface area contributed by atoms with Gasteiger partial charge in [-0.25, -0.2) is 0 Å². The molecule has 144 valence electrons. The van der Waals surface area contributed by atoms with Crippen LogP contribution in [0, 0.1) is 0 Å². The number of fused-ring (bicyclic) bond motifs is 4. The monoisotopic (exact) mass is 376 g/mol. The van der Waals surface area contributed by atoms with Gasteiger partial charge in [0.15, 0.2) is 0 Å². The molecule has 0 aromatic heterocycles. The van der Waals surface area contributed by atoms with Gasteiger partial charge in [-0.15, -0.1) is 0 Å². The van der Waals surface area contributed by atoms with Crippen molar-refractivity contribution >= 4 is 11.3 Å². The maximum atomic E-state index is 10.5. The summed E-state index contributed by atoms with van der Waals surface area (Å²) in [7, 11) is 0. The van der Waals surface area contributed by atoms with Crippen molar-refractivity contribution in [2.75, 3.05) is 0 Å². The lowest BCUT2D eigenvalue weighted by atomic mass is 9.93. The van der Waals surface area contributed by atoms with Gasteiger partial charge < -0.3 is 19.7 Å². The summed E-state index contributed by atoms with van der Waals surface area (Å²) in [6, 6.07) is 8.58. The summed E-state index contributed by atoms with van der Waals surface area (Å²) in [5, 5.41) is 20.5. The summed E-state index contributed by atoms with van der Waals surface area (Å²) in [4.78, 5) is 0. The van der Waals surface area contributed by atoms with Crippen LogP contribution in [-0.2, 0) is 11.2 Å². The Hall–Kier alpha value is -3.14. The molecule has 0 radical (unpaired) electrons. The zero-order valence-electron chi connectivity index (χ0n) is 16.5. The van der Waals surface area contributed by atoms with E-state index in [0.29, 0.717) is 23.7 Å². The summed E-state index contributed by atoms with van der Waals surface area (Å²) in [6.45, 7) is 8.06. The molecule has 0 amide bonds. The molecule has 2 aliphatic rings. The fourth-order valence-corrected chi connectivity index (χ4v) is 3.41. The molecule has 28 heavy (non-hydrogen) atoms. The largest absolute Gasteiger partial charge is 0.508 e. The molecule has 4 nitrogen and oxygen atoms in total. The molecule has 2 aromatic rings. The minimum absolute atomic E-state index is 0.111. The van der Waals surface area contributed by atoms with Crippen molar-refractivity contribution in [3.8, 4) is 23.0 Å². The van der Waals surface area contributed by atoms with Gasteiger partial charge >= 0.3 is 0 Å². The molecule has 0 fully saturated rings. The fraction of sp³-hybridized carbons (Fsp3) is 0.250. The highest BCUT2D eigenvalue weighted by molar-refractivity contribution is 5.98. The Kier molecular flexibility index (Phi) is 4.22. The Bertz CT molecular complexity index is 1050. The van der Waals surface area contributed by atoms with Gasteiger partial charge in [-0.3, -0.25) is 0 Å². The van der Waals surface area contributed by atoms with E-state index in [1.54, 1.807) is 24.3 Å². The molecular formula is C24H24O4. The zero-order valence-corrected chi connectivity index (χ0v) is 16.5. The molecule has 0 bridgehead atoms. The highest BCUT2D eigenvalue weighted by Crippen LogP contribution is 2.48. The van der Waals surface area contributed by atoms with Gasteiger partial charge in [0.1, 0.15) is 34.4 Å². The van der Waals surface area contributed by atoms with Crippen LogP contribution in [0.2, 0.25) is 0 Å². The second-order valence-electron chi connectivity index (χ2n) is 8.03. The van der Waals surface area contributed by atoms with E-state index < -0.39 is 5.60 Å². The maximum Gasteiger partial charge on any atom is 0.142 e. The van der Waals surface area contributed by atoms with Crippen molar-refractivity contribution in [2.24, 2.45) is 0 Å². The van der Waals surface area contributed by atoms with Crippen LogP contribution in [0.4, 0.5) is 0 Å². The number of aromatic hydroxyl groups is 2. The minimum Gasteiger partial charge on any atom is -0.508 e. The van der Waals surface area contributed by atoms with Crippen molar-refractivity contribution in [3.63, 3.8) is 0 Å². The normalized spacial score (nSPS) is 16.1. The molecule has 0 saturated heterocycles. The Balaban J connectivity index is 1.95. The van der Waals surface area contributed by atoms with Gasteiger partial charge in [0, 0.05) is 23.3 Å². The zero-order chi connectivity index (χ0) is 20.1. The highest BCUT2D eigenvalue weighted by Gasteiger charge is 2.31. The molecule has 0 unspecified atom stereocenters. The molecule has 2 aromatic carbocycles. The second-order valence-corrected chi connectivity index (χ2v) is 8.03. The van der Waals surface area contributed by atoms with Crippen LogP contribution in [0.15, 0.2) is 54.1 Å². The minimum atomic E-state index is -0.458. The van der Waals surface area contributed by atoms with E-state index in [-0.39, 0.29) is 11.5 Å². The first-order valence-corrected chi connectivity index (χ1v) is 9.37. The standard InChI is InChI=1S/C24H24O4/c1-14(2)5-6-15-11-19-17-9-10-24(3,4)28-23(17)18-8-7-16(25)12-21(18)27-22(19)13-20(15)26/h5,7-13,25-26H,6H2,1-4H3. The average Bonchev–Trinajstić information content (AvgIpc) is 2.72. The predicted molar refractivity (Wildman–Crippen MR) is 111 cm³/mol. The topological polar surface area (TPSA) is 58.9 Å². The van der Waals surface area contributed by atoms with Crippen LogP contribution in [-0.4, -0.2) is 15.8 Å². The predicted octanol–water partition coefficient (Wildman–Crippen LogP) is 5.95. The molecule has 0 aliphatic carbocycles. The molecular weight excluding hydrogens is 352 g/mol. The van der Waals surface area contributed by atoms with E-state index in [0.717, 1.165) is 22.3 Å². The van der Waals surface area contributed by atoms with E-state index in [1.807, 2.05) is 45.9 Å². The van der Waals surface area contributed by atoms with Crippen LogP contribution in [0.25, 0.3) is 11.3 Å². The van der Waals surface area contributed by atoms with E-state index in [1.165, 1.54) is 5.57 Å².